The molecule has 1 saturated carbocycles. The van der Waals surface area contributed by atoms with Crippen molar-refractivity contribution in [1.29, 1.82) is 0 Å². The number of sulfonamides is 1. The van der Waals surface area contributed by atoms with Crippen LogP contribution < -0.4 is 4.72 Å². The van der Waals surface area contributed by atoms with E-state index in [0.717, 1.165) is 5.56 Å². The summed E-state index contributed by atoms with van der Waals surface area (Å²) in [5.74, 6) is -0.256. The van der Waals surface area contributed by atoms with E-state index in [4.69, 9.17) is 4.74 Å². The van der Waals surface area contributed by atoms with Crippen LogP contribution in [0.2, 0.25) is 0 Å². The fourth-order valence-electron chi connectivity index (χ4n) is 2.80. The van der Waals surface area contributed by atoms with E-state index in [1.165, 1.54) is 0 Å². The van der Waals surface area contributed by atoms with Gasteiger partial charge >= 0.3 is 5.97 Å². The Morgan fingerprint density at radius 2 is 1.82 bits per heavy atom. The number of rotatable bonds is 6. The third kappa shape index (κ3) is 5.10. The summed E-state index contributed by atoms with van der Waals surface area (Å²) >= 11 is 0. The van der Waals surface area contributed by atoms with Crippen LogP contribution in [-0.2, 0) is 25.3 Å². The summed E-state index contributed by atoms with van der Waals surface area (Å²) < 4.78 is 32.1. The molecule has 0 bridgehead atoms. The van der Waals surface area contributed by atoms with Crippen molar-refractivity contribution in [2.75, 3.05) is 6.61 Å². The molecule has 22 heavy (non-hydrogen) atoms. The lowest BCUT2D eigenvalue weighted by Crippen LogP contribution is -2.39. The number of ether oxygens (including phenoxy) is 1. The van der Waals surface area contributed by atoms with Gasteiger partial charge in [0.15, 0.2) is 0 Å². The van der Waals surface area contributed by atoms with Crippen molar-refractivity contribution in [2.24, 2.45) is 5.92 Å². The van der Waals surface area contributed by atoms with Gasteiger partial charge in [-0.3, -0.25) is 4.79 Å². The Balaban J connectivity index is 1.83. The molecule has 1 aliphatic rings. The zero-order chi connectivity index (χ0) is 16.0. The highest BCUT2D eigenvalue weighted by Crippen LogP contribution is 2.26. The first-order chi connectivity index (χ1) is 10.5. The van der Waals surface area contributed by atoms with Crippen LogP contribution in [-0.4, -0.2) is 27.0 Å². The monoisotopic (exact) mass is 325 g/mol. The fourth-order valence-corrected chi connectivity index (χ4v) is 4.25. The number of carbonyl (C=O) groups is 1. The molecule has 1 N–H and O–H groups in total. The predicted molar refractivity (Wildman–Crippen MR) is 84.6 cm³/mol. The van der Waals surface area contributed by atoms with E-state index in [0.29, 0.717) is 32.3 Å². The highest BCUT2D eigenvalue weighted by Gasteiger charge is 2.29. The van der Waals surface area contributed by atoms with Gasteiger partial charge in [-0.1, -0.05) is 30.3 Å². The lowest BCUT2D eigenvalue weighted by molar-refractivity contribution is -0.149. The van der Waals surface area contributed by atoms with Crippen LogP contribution in [0.25, 0.3) is 0 Å². The zero-order valence-corrected chi connectivity index (χ0v) is 13.6. The van der Waals surface area contributed by atoms with Gasteiger partial charge in [0.05, 0.1) is 18.3 Å². The van der Waals surface area contributed by atoms with E-state index in [2.05, 4.69) is 4.72 Å². The van der Waals surface area contributed by atoms with E-state index in [1.807, 2.05) is 18.2 Å². The molecule has 122 valence electrons. The maximum Gasteiger partial charge on any atom is 0.308 e. The van der Waals surface area contributed by atoms with Crippen LogP contribution in [0.1, 0.15) is 38.2 Å². The molecule has 6 heteroatoms. The highest BCUT2D eigenvalue weighted by molar-refractivity contribution is 7.88. The van der Waals surface area contributed by atoms with Crippen LogP contribution in [0.3, 0.4) is 0 Å². The molecular formula is C16H23NO4S. The van der Waals surface area contributed by atoms with E-state index >= 15 is 0 Å². The summed E-state index contributed by atoms with van der Waals surface area (Å²) in [6.45, 7) is 2.18. The molecule has 0 aromatic heterocycles. The third-order valence-electron chi connectivity index (χ3n) is 3.89. The Labute approximate surface area is 132 Å². The molecule has 0 radical (unpaired) electrons. The second-order valence-electron chi connectivity index (χ2n) is 5.66. The number of hydrogen-bond donors (Lipinski definition) is 1. The molecule has 2 rings (SSSR count). The Morgan fingerprint density at radius 1 is 1.18 bits per heavy atom. The molecule has 0 atom stereocenters. The van der Waals surface area contributed by atoms with Crippen molar-refractivity contribution in [1.82, 2.24) is 4.72 Å². The van der Waals surface area contributed by atoms with Crippen LogP contribution in [0, 0.1) is 5.92 Å². The predicted octanol–water partition coefficient (Wildman–Crippen LogP) is 2.23. The molecule has 0 unspecified atom stereocenters. The molecule has 0 heterocycles. The maximum absolute atomic E-state index is 12.2. The zero-order valence-electron chi connectivity index (χ0n) is 12.8. The Bertz CT molecular complexity index is 577. The van der Waals surface area contributed by atoms with Crippen LogP contribution >= 0.6 is 0 Å². The van der Waals surface area contributed by atoms with Crippen molar-refractivity contribution < 1.29 is 17.9 Å². The Kier molecular flexibility index (Phi) is 5.97. The first-order valence-corrected chi connectivity index (χ1v) is 9.36. The molecule has 5 nitrogen and oxygen atoms in total. The molecule has 1 aliphatic carbocycles. The highest BCUT2D eigenvalue weighted by atomic mass is 32.2. The number of benzene rings is 1. The lowest BCUT2D eigenvalue weighted by Gasteiger charge is -2.27. The number of hydrogen-bond acceptors (Lipinski definition) is 4. The number of nitrogens with one attached hydrogen (secondary N) is 1. The van der Waals surface area contributed by atoms with Crippen molar-refractivity contribution in [3.05, 3.63) is 35.9 Å². The summed E-state index contributed by atoms with van der Waals surface area (Å²) in [4.78, 5) is 11.7. The van der Waals surface area contributed by atoms with Gasteiger partial charge in [0.1, 0.15) is 0 Å². The SMILES string of the molecule is CCOC(=O)C1CCC(NS(=O)(=O)Cc2ccccc2)CC1. The van der Waals surface area contributed by atoms with Gasteiger partial charge in [0.2, 0.25) is 10.0 Å². The van der Waals surface area contributed by atoms with Crippen molar-refractivity contribution in [3.63, 3.8) is 0 Å². The molecule has 0 saturated heterocycles. The van der Waals surface area contributed by atoms with Gasteiger partial charge in [-0.2, -0.15) is 0 Å². The molecule has 0 aliphatic heterocycles. The van der Waals surface area contributed by atoms with Gasteiger partial charge in [0, 0.05) is 6.04 Å². The minimum Gasteiger partial charge on any atom is -0.466 e. The molecule has 0 amide bonds. The van der Waals surface area contributed by atoms with Gasteiger partial charge in [0.25, 0.3) is 0 Å². The smallest absolute Gasteiger partial charge is 0.308 e. The summed E-state index contributed by atoms with van der Waals surface area (Å²) in [6.07, 6.45) is 2.71. The van der Waals surface area contributed by atoms with Crippen molar-refractivity contribution in [3.8, 4) is 0 Å². The second kappa shape index (κ2) is 7.74. The second-order valence-corrected chi connectivity index (χ2v) is 7.42. The van der Waals surface area contributed by atoms with Crippen molar-refractivity contribution in [2.45, 2.75) is 44.4 Å². The normalized spacial score (nSPS) is 22.2. The first kappa shape index (κ1) is 17.0. The number of carbonyl (C=O) groups excluding carboxylic acids is 1. The van der Waals surface area contributed by atoms with Crippen LogP contribution in [0.15, 0.2) is 30.3 Å². The minimum absolute atomic E-state index is 0.00829. The Morgan fingerprint density at radius 3 is 2.41 bits per heavy atom. The standard InChI is InChI=1S/C16H23NO4S/c1-2-21-16(18)14-8-10-15(11-9-14)17-22(19,20)12-13-6-4-3-5-7-13/h3-7,14-15,17H,2,8-12H2,1H3. The number of esters is 1. The molecule has 1 fully saturated rings. The lowest BCUT2D eigenvalue weighted by atomic mass is 9.86. The van der Waals surface area contributed by atoms with Crippen LogP contribution in [0.5, 0.6) is 0 Å². The molecular weight excluding hydrogens is 302 g/mol. The average molecular weight is 325 g/mol. The van der Waals surface area contributed by atoms with Gasteiger partial charge in [-0.25, -0.2) is 13.1 Å². The van der Waals surface area contributed by atoms with Gasteiger partial charge in [-0.05, 0) is 38.2 Å². The summed E-state index contributed by atoms with van der Waals surface area (Å²) in [7, 11) is -3.35. The fraction of sp³-hybridized carbons (Fsp3) is 0.562. The quantitative estimate of drug-likeness (QED) is 0.814. The summed E-state index contributed by atoms with van der Waals surface area (Å²) in [5.41, 5.74) is 0.773. The van der Waals surface area contributed by atoms with Gasteiger partial charge in [-0.15, -0.1) is 0 Å². The van der Waals surface area contributed by atoms with E-state index in [1.54, 1.807) is 19.1 Å². The third-order valence-corrected chi connectivity index (χ3v) is 5.30. The molecule has 0 spiro atoms. The van der Waals surface area contributed by atoms with Crippen LogP contribution in [0.4, 0.5) is 0 Å². The van der Waals surface area contributed by atoms with E-state index in [-0.39, 0.29) is 23.7 Å². The Hall–Kier alpha value is -1.40. The molecule has 1 aromatic rings. The van der Waals surface area contributed by atoms with E-state index in [9.17, 15) is 13.2 Å². The van der Waals surface area contributed by atoms with Crippen molar-refractivity contribution >= 4 is 16.0 Å². The average Bonchev–Trinajstić information content (AvgIpc) is 2.48. The maximum atomic E-state index is 12.2. The summed E-state index contributed by atoms with van der Waals surface area (Å²) in [5, 5.41) is 0. The molecule has 1 aromatic carbocycles. The minimum atomic E-state index is -3.35. The largest absolute Gasteiger partial charge is 0.466 e. The summed E-state index contributed by atoms with van der Waals surface area (Å²) in [6, 6.07) is 9.04. The van der Waals surface area contributed by atoms with E-state index < -0.39 is 10.0 Å². The topological polar surface area (TPSA) is 72.5 Å². The first-order valence-electron chi connectivity index (χ1n) is 7.70. The van der Waals surface area contributed by atoms with Gasteiger partial charge < -0.3 is 4.74 Å².